The molecule has 0 unspecified atom stereocenters. The summed E-state index contributed by atoms with van der Waals surface area (Å²) in [5, 5.41) is 19.0. The molecule has 0 aromatic heterocycles. The molecule has 2 N–H and O–H groups in total. The van der Waals surface area contributed by atoms with Gasteiger partial charge < -0.3 is 0 Å². The fraction of sp³-hybridized carbons (Fsp3) is 0.333. The maximum absolute atomic E-state index is 11.7. The summed E-state index contributed by atoms with van der Waals surface area (Å²) in [7, 11) is 0. The number of aliphatic carboxylic acids is 2. The van der Waals surface area contributed by atoms with Crippen molar-refractivity contribution < 1.29 is 19.8 Å². The van der Waals surface area contributed by atoms with Crippen molar-refractivity contribution in [2.24, 2.45) is 0 Å². The first-order valence-electron chi connectivity index (χ1n) is 6.43. The average Bonchev–Trinajstić information content (AvgIpc) is 2.91. The van der Waals surface area contributed by atoms with Crippen LogP contribution in [0.1, 0.15) is 25.7 Å². The third-order valence-corrected chi connectivity index (χ3v) is 6.17. The van der Waals surface area contributed by atoms with Gasteiger partial charge in [-0.25, -0.2) is 0 Å². The van der Waals surface area contributed by atoms with E-state index in [-0.39, 0.29) is 6.42 Å². The number of rotatable bonds is 6. The van der Waals surface area contributed by atoms with E-state index in [1.807, 2.05) is 12.1 Å². The monoisotopic (exact) mass is 340 g/mol. The van der Waals surface area contributed by atoms with Crippen LogP contribution in [0.2, 0.25) is 4.31 Å². The van der Waals surface area contributed by atoms with Gasteiger partial charge in [0.05, 0.1) is 0 Å². The van der Waals surface area contributed by atoms with E-state index >= 15 is 0 Å². The molecule has 0 saturated heterocycles. The number of carboxylic acid groups (broad SMARTS) is 2. The van der Waals surface area contributed by atoms with Gasteiger partial charge in [-0.15, -0.1) is 0 Å². The molecular weight excluding hydrogens is 323 g/mol. The van der Waals surface area contributed by atoms with Gasteiger partial charge in [0, 0.05) is 0 Å². The fourth-order valence-corrected chi connectivity index (χ4v) is 4.64. The zero-order chi connectivity index (χ0) is 14.6. The second kappa shape index (κ2) is 6.25. The number of carbonyl (C=O) groups is 2. The molecule has 0 bridgehead atoms. The van der Waals surface area contributed by atoms with Crippen molar-refractivity contribution in [1.82, 2.24) is 0 Å². The van der Waals surface area contributed by atoms with Crippen LogP contribution >= 0.6 is 0 Å². The van der Waals surface area contributed by atoms with Crippen molar-refractivity contribution >= 4 is 31.4 Å². The standard InChI is InChI=1S/C15H16O4Se/c16-13(17)15(14(18)19,10-11-6-4-5-7-11)20-12-8-2-1-3-9-12/h1-3,6,8-9H,4-5,7,10H2,(H,16,17)(H,18,19). The number of allylic oxidation sites excluding steroid dienone is 2. The Balaban J connectivity index is 2.31. The van der Waals surface area contributed by atoms with E-state index in [9.17, 15) is 19.8 Å². The van der Waals surface area contributed by atoms with E-state index in [1.165, 1.54) is 0 Å². The maximum atomic E-state index is 11.7. The summed E-state index contributed by atoms with van der Waals surface area (Å²) in [5.74, 6) is -2.47. The number of hydrogen-bond donors (Lipinski definition) is 2. The van der Waals surface area contributed by atoms with Crippen molar-refractivity contribution in [1.29, 1.82) is 0 Å². The Labute approximate surface area is 123 Å². The second-order valence-corrected chi connectivity index (χ2v) is 7.66. The Bertz CT molecular complexity index is 522. The molecule has 0 fully saturated rings. The third kappa shape index (κ3) is 3.11. The van der Waals surface area contributed by atoms with E-state index in [4.69, 9.17) is 0 Å². The van der Waals surface area contributed by atoms with Crippen LogP contribution in [0.5, 0.6) is 0 Å². The molecule has 0 saturated carbocycles. The predicted molar refractivity (Wildman–Crippen MR) is 76.3 cm³/mol. The number of carboxylic acids is 2. The fourth-order valence-electron chi connectivity index (χ4n) is 2.27. The summed E-state index contributed by atoms with van der Waals surface area (Å²) in [5.41, 5.74) is 0.965. The molecule has 2 rings (SSSR count). The van der Waals surface area contributed by atoms with Crippen molar-refractivity contribution in [2.75, 3.05) is 0 Å². The second-order valence-electron chi connectivity index (χ2n) is 4.78. The van der Waals surface area contributed by atoms with Crippen LogP contribution < -0.4 is 4.46 Å². The third-order valence-electron chi connectivity index (χ3n) is 3.34. The molecule has 106 valence electrons. The zero-order valence-electron chi connectivity index (χ0n) is 10.9. The van der Waals surface area contributed by atoms with E-state index in [0.717, 1.165) is 29.3 Å². The molecule has 20 heavy (non-hydrogen) atoms. The average molecular weight is 339 g/mol. The molecule has 0 atom stereocenters. The van der Waals surface area contributed by atoms with Gasteiger partial charge in [-0.1, -0.05) is 0 Å². The summed E-state index contributed by atoms with van der Waals surface area (Å²) >= 11 is -0.657. The minimum absolute atomic E-state index is 0.118. The van der Waals surface area contributed by atoms with Gasteiger partial charge in [0.1, 0.15) is 0 Å². The number of hydrogen-bond acceptors (Lipinski definition) is 2. The summed E-state index contributed by atoms with van der Waals surface area (Å²) < 4.78 is -0.909. The number of benzene rings is 1. The van der Waals surface area contributed by atoms with Crippen LogP contribution in [-0.4, -0.2) is 37.1 Å². The molecule has 1 aliphatic rings. The molecule has 0 radical (unpaired) electrons. The Morgan fingerprint density at radius 2 is 1.80 bits per heavy atom. The first kappa shape index (κ1) is 14.8. The van der Waals surface area contributed by atoms with Gasteiger partial charge in [0.25, 0.3) is 0 Å². The van der Waals surface area contributed by atoms with Crippen LogP contribution in [0.3, 0.4) is 0 Å². The van der Waals surface area contributed by atoms with Crippen molar-refractivity contribution in [3.05, 3.63) is 42.0 Å². The molecule has 4 nitrogen and oxygen atoms in total. The van der Waals surface area contributed by atoms with Gasteiger partial charge in [-0.05, 0) is 0 Å². The Morgan fingerprint density at radius 3 is 2.30 bits per heavy atom. The first-order chi connectivity index (χ1) is 9.54. The van der Waals surface area contributed by atoms with Crippen molar-refractivity contribution in [3.63, 3.8) is 0 Å². The summed E-state index contributed by atoms with van der Waals surface area (Å²) in [6.07, 6.45) is 4.83. The normalized spacial score (nSPS) is 14.9. The van der Waals surface area contributed by atoms with E-state index < -0.39 is 31.2 Å². The molecule has 0 amide bonds. The summed E-state index contributed by atoms with van der Waals surface area (Å²) in [6.45, 7) is 0. The van der Waals surface area contributed by atoms with E-state index in [0.29, 0.717) is 0 Å². The topological polar surface area (TPSA) is 74.6 Å². The Hall–Kier alpha value is -1.58. The molecule has 0 heterocycles. The zero-order valence-corrected chi connectivity index (χ0v) is 12.6. The van der Waals surface area contributed by atoms with Crippen molar-refractivity contribution in [3.8, 4) is 0 Å². The molecule has 1 aromatic carbocycles. The quantitative estimate of drug-likeness (QED) is 0.471. The van der Waals surface area contributed by atoms with Crippen LogP contribution in [0.25, 0.3) is 0 Å². The molecular formula is C15H16O4Se. The van der Waals surface area contributed by atoms with Crippen LogP contribution in [0.4, 0.5) is 0 Å². The van der Waals surface area contributed by atoms with Gasteiger partial charge in [0.2, 0.25) is 0 Å². The van der Waals surface area contributed by atoms with Crippen LogP contribution in [0.15, 0.2) is 42.0 Å². The molecule has 0 aliphatic heterocycles. The Morgan fingerprint density at radius 1 is 1.15 bits per heavy atom. The summed E-state index contributed by atoms with van der Waals surface area (Å²) in [6, 6.07) is 9.04. The van der Waals surface area contributed by atoms with E-state index in [2.05, 4.69) is 0 Å². The van der Waals surface area contributed by atoms with Crippen molar-refractivity contribution in [2.45, 2.75) is 30.0 Å². The van der Waals surface area contributed by atoms with Gasteiger partial charge in [-0.3, -0.25) is 0 Å². The van der Waals surface area contributed by atoms with Gasteiger partial charge in [-0.2, -0.15) is 0 Å². The first-order valence-corrected chi connectivity index (χ1v) is 8.15. The van der Waals surface area contributed by atoms with Gasteiger partial charge >= 0.3 is 123 Å². The molecule has 1 aromatic rings. The minimum atomic E-state index is -1.70. The summed E-state index contributed by atoms with van der Waals surface area (Å²) in [4.78, 5) is 23.3. The molecule has 1 aliphatic carbocycles. The SMILES string of the molecule is O=C(O)C(CC1=CCCC1)([Se]c1ccccc1)C(=O)O. The van der Waals surface area contributed by atoms with E-state index in [1.54, 1.807) is 24.3 Å². The predicted octanol–water partition coefficient (Wildman–Crippen LogP) is 1.84. The van der Waals surface area contributed by atoms with Gasteiger partial charge in [0.15, 0.2) is 0 Å². The van der Waals surface area contributed by atoms with Crippen LogP contribution in [0, 0.1) is 0 Å². The molecule has 5 heteroatoms. The van der Waals surface area contributed by atoms with Crippen LogP contribution in [-0.2, 0) is 9.59 Å². The molecule has 0 spiro atoms. The Kier molecular flexibility index (Phi) is 4.63.